The Kier molecular flexibility index (Phi) is 5.48. The fraction of sp³-hybridized carbons (Fsp3) is 0.480. The van der Waals surface area contributed by atoms with Crippen LogP contribution in [0.4, 0.5) is 11.4 Å². The second kappa shape index (κ2) is 8.42. The summed E-state index contributed by atoms with van der Waals surface area (Å²) in [7, 11) is 4.15. The van der Waals surface area contributed by atoms with Crippen molar-refractivity contribution < 1.29 is 14.3 Å². The monoisotopic (exact) mass is 421 g/mol. The van der Waals surface area contributed by atoms with E-state index in [1.54, 1.807) is 0 Å². The topological polar surface area (TPSA) is 45.2 Å². The molecule has 1 fully saturated rings. The number of benzene rings is 2. The van der Waals surface area contributed by atoms with Crippen LogP contribution in [0, 0.1) is 0 Å². The molecule has 3 aliphatic heterocycles. The van der Waals surface area contributed by atoms with Gasteiger partial charge in [-0.25, -0.2) is 0 Å². The van der Waals surface area contributed by atoms with E-state index in [1.807, 2.05) is 12.1 Å². The average Bonchev–Trinajstić information content (AvgIpc) is 3.38. The molecule has 0 spiro atoms. The first-order chi connectivity index (χ1) is 15.2. The smallest absolute Gasteiger partial charge is 0.164 e. The highest BCUT2D eigenvalue weighted by Gasteiger charge is 2.42. The zero-order valence-corrected chi connectivity index (χ0v) is 18.4. The van der Waals surface area contributed by atoms with Crippen LogP contribution in [0.2, 0.25) is 0 Å². The second-order valence-electron chi connectivity index (χ2n) is 8.88. The van der Waals surface area contributed by atoms with E-state index >= 15 is 0 Å². The van der Waals surface area contributed by atoms with Crippen LogP contribution < -0.4 is 19.3 Å². The van der Waals surface area contributed by atoms with Gasteiger partial charge in [0.2, 0.25) is 0 Å². The SMILES string of the molecule is CN(C)c1cccc2c1N(CC=O)C1CCN(CCOc3cccc4c3OCC4)CC21. The third-order valence-corrected chi connectivity index (χ3v) is 6.89. The van der Waals surface area contributed by atoms with Crippen molar-refractivity contribution in [2.24, 2.45) is 0 Å². The van der Waals surface area contributed by atoms with Gasteiger partial charge in [0.15, 0.2) is 11.5 Å². The normalized spacial score (nSPS) is 21.8. The number of anilines is 2. The van der Waals surface area contributed by atoms with Crippen molar-refractivity contribution in [1.29, 1.82) is 0 Å². The van der Waals surface area contributed by atoms with Gasteiger partial charge in [-0.05, 0) is 24.1 Å². The molecule has 31 heavy (non-hydrogen) atoms. The van der Waals surface area contributed by atoms with Crippen molar-refractivity contribution in [3.05, 3.63) is 47.5 Å². The quantitative estimate of drug-likeness (QED) is 0.641. The molecule has 164 valence electrons. The van der Waals surface area contributed by atoms with Crippen molar-refractivity contribution in [3.8, 4) is 11.5 Å². The number of fused-ring (bicyclic) bond motifs is 4. The van der Waals surface area contributed by atoms with Crippen LogP contribution in [-0.4, -0.2) is 70.7 Å². The summed E-state index contributed by atoms with van der Waals surface area (Å²) < 4.78 is 11.9. The van der Waals surface area contributed by atoms with Crippen LogP contribution in [-0.2, 0) is 11.2 Å². The number of nitrogens with zero attached hydrogens (tertiary/aromatic N) is 3. The number of rotatable bonds is 7. The van der Waals surface area contributed by atoms with Gasteiger partial charge in [0.05, 0.1) is 24.5 Å². The van der Waals surface area contributed by atoms with Gasteiger partial charge in [0.25, 0.3) is 0 Å². The van der Waals surface area contributed by atoms with Gasteiger partial charge in [0.1, 0.15) is 12.9 Å². The number of carbonyl (C=O) groups is 1. The van der Waals surface area contributed by atoms with Crippen molar-refractivity contribution in [1.82, 2.24) is 4.90 Å². The van der Waals surface area contributed by atoms with Gasteiger partial charge in [-0.15, -0.1) is 0 Å². The molecule has 1 saturated heterocycles. The number of likely N-dealkylation sites (tertiary alicyclic amines) is 1. The molecule has 2 aromatic rings. The summed E-state index contributed by atoms with van der Waals surface area (Å²) in [4.78, 5) is 18.4. The van der Waals surface area contributed by atoms with Crippen molar-refractivity contribution >= 4 is 17.7 Å². The van der Waals surface area contributed by atoms with Crippen LogP contribution in [0.1, 0.15) is 23.5 Å². The number of hydrogen-bond donors (Lipinski definition) is 0. The highest BCUT2D eigenvalue weighted by Crippen LogP contribution is 2.48. The van der Waals surface area contributed by atoms with Gasteiger partial charge in [-0.1, -0.05) is 24.3 Å². The molecular formula is C25H31N3O3. The number of para-hydroxylation sites is 2. The minimum atomic E-state index is 0.393. The van der Waals surface area contributed by atoms with E-state index in [2.05, 4.69) is 53.1 Å². The number of piperidine rings is 1. The van der Waals surface area contributed by atoms with Crippen molar-refractivity contribution in [3.63, 3.8) is 0 Å². The van der Waals surface area contributed by atoms with E-state index in [1.165, 1.54) is 22.5 Å². The lowest BCUT2D eigenvalue weighted by Gasteiger charge is -2.38. The molecule has 2 aromatic carbocycles. The maximum absolute atomic E-state index is 11.5. The summed E-state index contributed by atoms with van der Waals surface area (Å²) in [5, 5.41) is 0. The predicted octanol–water partition coefficient (Wildman–Crippen LogP) is 2.94. The minimum absolute atomic E-state index is 0.393. The molecule has 2 unspecified atom stereocenters. The van der Waals surface area contributed by atoms with E-state index in [9.17, 15) is 4.79 Å². The van der Waals surface area contributed by atoms with Gasteiger partial charge >= 0.3 is 0 Å². The first kappa shape index (κ1) is 20.2. The molecule has 0 bridgehead atoms. The highest BCUT2D eigenvalue weighted by atomic mass is 16.5. The van der Waals surface area contributed by atoms with Gasteiger partial charge in [0, 0.05) is 57.7 Å². The summed E-state index contributed by atoms with van der Waals surface area (Å²) in [6.45, 7) is 4.77. The van der Waals surface area contributed by atoms with E-state index in [0.29, 0.717) is 25.1 Å². The molecule has 5 rings (SSSR count). The Morgan fingerprint density at radius 3 is 2.94 bits per heavy atom. The Labute approximate surface area is 184 Å². The van der Waals surface area contributed by atoms with Gasteiger partial charge in [-0.2, -0.15) is 0 Å². The number of carbonyl (C=O) groups excluding carboxylic acids is 1. The maximum Gasteiger partial charge on any atom is 0.164 e. The number of aldehydes is 1. The molecule has 3 heterocycles. The second-order valence-corrected chi connectivity index (χ2v) is 8.88. The Morgan fingerprint density at radius 2 is 2.10 bits per heavy atom. The largest absolute Gasteiger partial charge is 0.489 e. The summed E-state index contributed by atoms with van der Waals surface area (Å²) in [5.74, 6) is 2.21. The molecule has 0 radical (unpaired) electrons. The molecule has 0 N–H and O–H groups in total. The Balaban J connectivity index is 1.28. The summed E-state index contributed by atoms with van der Waals surface area (Å²) in [5.41, 5.74) is 5.05. The van der Waals surface area contributed by atoms with Gasteiger partial charge in [-0.3, -0.25) is 4.90 Å². The molecule has 0 amide bonds. The Hall–Kier alpha value is -2.73. The maximum atomic E-state index is 11.5. The standard InChI is InChI=1S/C25H31N3O3/c1-26(2)22-7-4-6-19-20-17-27(11-9-21(20)28(12-14-29)24(19)22)13-16-30-23-8-3-5-18-10-15-31-25(18)23/h3-8,14,20-21H,9-13,15-17H2,1-2H3. The lowest BCUT2D eigenvalue weighted by Crippen LogP contribution is -2.47. The first-order valence-corrected chi connectivity index (χ1v) is 11.3. The average molecular weight is 422 g/mol. The third kappa shape index (κ3) is 3.63. The summed E-state index contributed by atoms with van der Waals surface area (Å²) in [6.07, 6.45) is 3.07. The lowest BCUT2D eigenvalue weighted by molar-refractivity contribution is -0.106. The molecule has 0 aliphatic carbocycles. The van der Waals surface area contributed by atoms with Crippen LogP contribution in [0.25, 0.3) is 0 Å². The zero-order valence-electron chi connectivity index (χ0n) is 18.4. The first-order valence-electron chi connectivity index (χ1n) is 11.3. The van der Waals surface area contributed by atoms with E-state index in [-0.39, 0.29) is 0 Å². The van der Waals surface area contributed by atoms with Crippen LogP contribution in [0.3, 0.4) is 0 Å². The van der Waals surface area contributed by atoms with Crippen molar-refractivity contribution in [2.75, 3.05) is 63.3 Å². The predicted molar refractivity (Wildman–Crippen MR) is 123 cm³/mol. The minimum Gasteiger partial charge on any atom is -0.489 e. The van der Waals surface area contributed by atoms with Crippen LogP contribution in [0.15, 0.2) is 36.4 Å². The molecular weight excluding hydrogens is 390 g/mol. The molecule has 6 heteroatoms. The fourth-order valence-corrected chi connectivity index (χ4v) is 5.47. The molecule has 3 aliphatic rings. The third-order valence-electron chi connectivity index (χ3n) is 6.89. The molecule has 2 atom stereocenters. The zero-order chi connectivity index (χ0) is 21.4. The Morgan fingerprint density at radius 1 is 1.23 bits per heavy atom. The van der Waals surface area contributed by atoms with Crippen LogP contribution in [0.5, 0.6) is 11.5 Å². The number of hydrogen-bond acceptors (Lipinski definition) is 6. The summed E-state index contributed by atoms with van der Waals surface area (Å²) in [6, 6.07) is 13.1. The van der Waals surface area contributed by atoms with Gasteiger partial charge < -0.3 is 24.1 Å². The van der Waals surface area contributed by atoms with Crippen LogP contribution >= 0.6 is 0 Å². The molecule has 0 aromatic heterocycles. The lowest BCUT2D eigenvalue weighted by atomic mass is 9.89. The van der Waals surface area contributed by atoms with E-state index in [0.717, 1.165) is 56.9 Å². The highest BCUT2D eigenvalue weighted by molar-refractivity contribution is 5.81. The van der Waals surface area contributed by atoms with E-state index < -0.39 is 0 Å². The Bertz CT molecular complexity index is 961. The molecule has 0 saturated carbocycles. The molecule has 6 nitrogen and oxygen atoms in total. The fourth-order valence-electron chi connectivity index (χ4n) is 5.47. The van der Waals surface area contributed by atoms with E-state index in [4.69, 9.17) is 9.47 Å². The van der Waals surface area contributed by atoms with Crippen molar-refractivity contribution in [2.45, 2.75) is 24.8 Å². The summed E-state index contributed by atoms with van der Waals surface area (Å²) >= 11 is 0. The number of ether oxygens (including phenoxy) is 2.